The van der Waals surface area contributed by atoms with Crippen LogP contribution in [0.15, 0.2) is 18.2 Å². The van der Waals surface area contributed by atoms with E-state index >= 15 is 0 Å². The van der Waals surface area contributed by atoms with Gasteiger partial charge in [-0.1, -0.05) is 0 Å². The SMILES string of the molecule is CC(Oc1nsc(NC(=O)NCCCCN2CCOCC2)c1C(N)=O)c1cc(F)ccc1F. The first-order valence-electron chi connectivity index (χ1n) is 10.6. The topological polar surface area (TPSA) is 119 Å². The third-order valence-corrected chi connectivity index (χ3v) is 5.85. The number of morpholine rings is 1. The van der Waals surface area contributed by atoms with E-state index in [0.29, 0.717) is 6.54 Å². The summed E-state index contributed by atoms with van der Waals surface area (Å²) in [5.74, 6) is -2.32. The fourth-order valence-electron chi connectivity index (χ4n) is 3.35. The van der Waals surface area contributed by atoms with Crippen LogP contribution >= 0.6 is 11.5 Å². The summed E-state index contributed by atoms with van der Waals surface area (Å²) in [5, 5.41) is 5.38. The van der Waals surface area contributed by atoms with E-state index in [0.717, 1.165) is 75.4 Å². The van der Waals surface area contributed by atoms with Crippen molar-refractivity contribution in [2.24, 2.45) is 5.73 Å². The van der Waals surface area contributed by atoms with Crippen molar-refractivity contribution in [2.45, 2.75) is 25.9 Å². The Kier molecular flexibility index (Phi) is 8.92. The summed E-state index contributed by atoms with van der Waals surface area (Å²) in [4.78, 5) is 26.5. The van der Waals surface area contributed by atoms with Gasteiger partial charge in [-0.3, -0.25) is 15.0 Å². The first kappa shape index (κ1) is 24.8. The van der Waals surface area contributed by atoms with Crippen LogP contribution in [-0.2, 0) is 4.74 Å². The number of halogens is 2. The fourth-order valence-corrected chi connectivity index (χ4v) is 4.08. The lowest BCUT2D eigenvalue weighted by molar-refractivity contribution is 0.0372. The van der Waals surface area contributed by atoms with Gasteiger partial charge in [-0.2, -0.15) is 4.37 Å². The normalized spacial score (nSPS) is 15.1. The number of nitrogens with two attached hydrogens (primary N) is 1. The Labute approximate surface area is 194 Å². The predicted octanol–water partition coefficient (Wildman–Crippen LogP) is 2.89. The van der Waals surface area contributed by atoms with Crippen LogP contribution in [0, 0.1) is 11.6 Å². The number of anilines is 1. The van der Waals surface area contributed by atoms with Crippen LogP contribution in [0.4, 0.5) is 18.6 Å². The smallest absolute Gasteiger partial charge is 0.319 e. The van der Waals surface area contributed by atoms with Gasteiger partial charge < -0.3 is 20.5 Å². The molecule has 1 aliphatic rings. The Bertz CT molecular complexity index is 968. The van der Waals surface area contributed by atoms with Crippen LogP contribution in [0.5, 0.6) is 5.88 Å². The zero-order chi connectivity index (χ0) is 23.8. The second-order valence-corrected chi connectivity index (χ2v) is 8.30. The van der Waals surface area contributed by atoms with Gasteiger partial charge in [0.2, 0.25) is 5.88 Å². The van der Waals surface area contributed by atoms with Gasteiger partial charge in [0.05, 0.1) is 13.2 Å². The summed E-state index contributed by atoms with van der Waals surface area (Å²) in [6.45, 7) is 6.23. The van der Waals surface area contributed by atoms with E-state index in [4.69, 9.17) is 15.2 Å². The number of carbonyl (C=O) groups is 2. The molecule has 3 amide bonds. The van der Waals surface area contributed by atoms with Crippen molar-refractivity contribution >= 4 is 28.5 Å². The van der Waals surface area contributed by atoms with Crippen molar-refractivity contribution in [1.29, 1.82) is 0 Å². The first-order valence-corrected chi connectivity index (χ1v) is 11.4. The molecule has 2 aromatic rings. The highest BCUT2D eigenvalue weighted by Gasteiger charge is 2.24. The van der Waals surface area contributed by atoms with Crippen LogP contribution in [0.2, 0.25) is 0 Å². The molecule has 4 N–H and O–H groups in total. The van der Waals surface area contributed by atoms with Gasteiger partial charge in [-0.05, 0) is 56.0 Å². The largest absolute Gasteiger partial charge is 0.468 e. The van der Waals surface area contributed by atoms with Crippen molar-refractivity contribution in [2.75, 3.05) is 44.7 Å². The number of nitrogens with one attached hydrogen (secondary N) is 2. The number of ether oxygens (including phenoxy) is 2. The minimum atomic E-state index is -0.950. The molecule has 0 radical (unpaired) electrons. The Morgan fingerprint density at radius 2 is 2.06 bits per heavy atom. The first-order chi connectivity index (χ1) is 15.8. The van der Waals surface area contributed by atoms with Crippen LogP contribution < -0.4 is 21.1 Å². The van der Waals surface area contributed by atoms with Crippen molar-refractivity contribution in [3.8, 4) is 5.88 Å². The van der Waals surface area contributed by atoms with Gasteiger partial charge in [0.15, 0.2) is 0 Å². The van der Waals surface area contributed by atoms with E-state index in [-0.39, 0.29) is 22.0 Å². The van der Waals surface area contributed by atoms with Crippen molar-refractivity contribution < 1.29 is 27.8 Å². The number of urea groups is 1. The lowest BCUT2D eigenvalue weighted by Gasteiger charge is -2.26. The zero-order valence-electron chi connectivity index (χ0n) is 18.2. The number of amides is 3. The summed E-state index contributed by atoms with van der Waals surface area (Å²) in [5.41, 5.74) is 5.27. The minimum Gasteiger partial charge on any atom is -0.468 e. The van der Waals surface area contributed by atoms with E-state index in [1.165, 1.54) is 6.92 Å². The van der Waals surface area contributed by atoms with E-state index in [1.54, 1.807) is 0 Å². The highest BCUT2D eigenvalue weighted by Crippen LogP contribution is 2.33. The molecule has 12 heteroatoms. The lowest BCUT2D eigenvalue weighted by Crippen LogP contribution is -2.37. The molecule has 180 valence electrons. The van der Waals surface area contributed by atoms with Crippen LogP contribution in [0.25, 0.3) is 0 Å². The average Bonchev–Trinajstić information content (AvgIpc) is 3.17. The Morgan fingerprint density at radius 3 is 2.79 bits per heavy atom. The maximum absolute atomic E-state index is 14.0. The molecule has 0 saturated carbocycles. The van der Waals surface area contributed by atoms with Gasteiger partial charge in [-0.25, -0.2) is 13.6 Å². The molecular weight excluding hydrogens is 456 g/mol. The summed E-state index contributed by atoms with van der Waals surface area (Å²) in [7, 11) is 0. The number of unbranched alkanes of at least 4 members (excludes halogenated alkanes) is 1. The summed E-state index contributed by atoms with van der Waals surface area (Å²) in [6, 6.07) is 2.47. The van der Waals surface area contributed by atoms with Gasteiger partial charge >= 0.3 is 6.03 Å². The second kappa shape index (κ2) is 11.9. The molecule has 1 fully saturated rings. The monoisotopic (exact) mass is 483 g/mol. The number of primary amides is 1. The Balaban J connectivity index is 1.52. The third kappa shape index (κ3) is 7.07. The fraction of sp³-hybridized carbons (Fsp3) is 0.476. The van der Waals surface area contributed by atoms with Crippen molar-refractivity contribution in [1.82, 2.24) is 14.6 Å². The lowest BCUT2D eigenvalue weighted by atomic mass is 10.1. The van der Waals surface area contributed by atoms with Crippen molar-refractivity contribution in [3.63, 3.8) is 0 Å². The molecule has 1 unspecified atom stereocenters. The minimum absolute atomic E-state index is 0.0391. The molecule has 0 aliphatic carbocycles. The highest BCUT2D eigenvalue weighted by atomic mass is 32.1. The quantitative estimate of drug-likeness (QED) is 0.447. The van der Waals surface area contributed by atoms with E-state index in [2.05, 4.69) is 19.9 Å². The molecule has 9 nitrogen and oxygen atoms in total. The third-order valence-electron chi connectivity index (χ3n) is 5.11. The predicted molar refractivity (Wildman–Crippen MR) is 120 cm³/mol. The second-order valence-electron chi connectivity index (χ2n) is 7.52. The number of aromatic nitrogens is 1. The molecule has 1 aromatic heterocycles. The molecule has 1 aliphatic heterocycles. The zero-order valence-corrected chi connectivity index (χ0v) is 19.1. The maximum atomic E-state index is 14.0. The Morgan fingerprint density at radius 1 is 1.30 bits per heavy atom. The molecular formula is C21H27F2N5O4S. The van der Waals surface area contributed by atoms with Gasteiger partial charge in [-0.15, -0.1) is 0 Å². The van der Waals surface area contributed by atoms with E-state index < -0.39 is 29.7 Å². The number of nitrogens with zero attached hydrogens (tertiary/aromatic N) is 2. The molecule has 1 atom stereocenters. The molecule has 1 aromatic carbocycles. The summed E-state index contributed by atoms with van der Waals surface area (Å²) < 4.78 is 42.4. The number of carbonyl (C=O) groups excluding carboxylic acids is 2. The summed E-state index contributed by atoms with van der Waals surface area (Å²) in [6.07, 6.45) is 0.773. The van der Waals surface area contributed by atoms with E-state index in [9.17, 15) is 18.4 Å². The Hall–Kier alpha value is -2.83. The van der Waals surface area contributed by atoms with Crippen LogP contribution in [0.3, 0.4) is 0 Å². The number of rotatable bonds is 10. The van der Waals surface area contributed by atoms with Gasteiger partial charge in [0.1, 0.15) is 28.3 Å². The molecule has 3 rings (SSSR count). The average molecular weight is 484 g/mol. The number of hydrogen-bond donors (Lipinski definition) is 3. The maximum Gasteiger partial charge on any atom is 0.319 e. The van der Waals surface area contributed by atoms with Gasteiger partial charge in [0.25, 0.3) is 5.91 Å². The van der Waals surface area contributed by atoms with Crippen LogP contribution in [0.1, 0.15) is 41.8 Å². The molecule has 33 heavy (non-hydrogen) atoms. The number of hydrogen-bond acceptors (Lipinski definition) is 7. The van der Waals surface area contributed by atoms with Crippen molar-refractivity contribution in [3.05, 3.63) is 41.0 Å². The van der Waals surface area contributed by atoms with Gasteiger partial charge in [0, 0.05) is 25.2 Å². The van der Waals surface area contributed by atoms with Crippen LogP contribution in [-0.4, -0.2) is 60.6 Å². The number of benzene rings is 1. The standard InChI is InChI=1S/C21H27F2N5O4S/c1-13(15-12-14(22)4-5-16(15)23)32-19-17(18(24)29)20(33-27-19)26-21(30)25-6-2-3-7-28-8-10-31-11-9-28/h4-5,12-13H,2-3,6-11H2,1H3,(H2,24,29)(H2,25,26,30). The van der Waals surface area contributed by atoms with E-state index in [1.807, 2.05) is 0 Å². The molecule has 0 spiro atoms. The molecule has 0 bridgehead atoms. The highest BCUT2D eigenvalue weighted by molar-refractivity contribution is 7.11. The molecule has 2 heterocycles. The summed E-state index contributed by atoms with van der Waals surface area (Å²) >= 11 is 0.806. The molecule has 1 saturated heterocycles.